The van der Waals surface area contributed by atoms with Gasteiger partial charge in [-0.15, -0.1) is 0 Å². The maximum Gasteiger partial charge on any atom is 0.325 e. The molecule has 6 heteroatoms. The molecule has 1 saturated heterocycles. The molecule has 4 N–H and O–H groups in total. The zero-order valence-electron chi connectivity index (χ0n) is 7.77. The summed E-state index contributed by atoms with van der Waals surface area (Å²) >= 11 is 0. The van der Waals surface area contributed by atoms with Crippen LogP contribution in [0.4, 0.5) is 0 Å². The number of carboxylic acid groups (broad SMARTS) is 2. The average molecular weight is 202 g/mol. The summed E-state index contributed by atoms with van der Waals surface area (Å²) in [5.41, 5.74) is 4.41. The van der Waals surface area contributed by atoms with Gasteiger partial charge in [-0.2, -0.15) is 0 Å². The highest BCUT2D eigenvalue weighted by atomic mass is 16.4. The smallest absolute Gasteiger partial charge is 0.325 e. The van der Waals surface area contributed by atoms with Crippen LogP contribution in [0.5, 0.6) is 0 Å². The third-order valence-corrected chi connectivity index (χ3v) is 2.45. The van der Waals surface area contributed by atoms with Gasteiger partial charge in [-0.3, -0.25) is 9.59 Å². The Morgan fingerprint density at radius 2 is 2.07 bits per heavy atom. The van der Waals surface area contributed by atoms with E-state index in [1.54, 1.807) is 4.90 Å². The Bertz CT molecular complexity index is 256. The molecule has 0 aliphatic carbocycles. The first-order valence-electron chi connectivity index (χ1n) is 4.40. The number of likely N-dealkylation sites (tertiary alicyclic amines) is 1. The molecular weight excluding hydrogens is 188 g/mol. The molecule has 1 fully saturated rings. The number of carbonyl (C=O) groups is 2. The summed E-state index contributed by atoms with van der Waals surface area (Å²) in [6.45, 7) is 1.15. The number of hydrogen-bond donors (Lipinski definition) is 3. The van der Waals surface area contributed by atoms with Gasteiger partial charge in [0.05, 0.1) is 6.42 Å². The maximum atomic E-state index is 10.7. The summed E-state index contributed by atoms with van der Waals surface area (Å²) in [6.07, 6.45) is 0.400. The van der Waals surface area contributed by atoms with Gasteiger partial charge in [0, 0.05) is 19.6 Å². The van der Waals surface area contributed by atoms with Crippen molar-refractivity contribution in [3.05, 3.63) is 0 Å². The second-order valence-corrected chi connectivity index (χ2v) is 3.63. The number of nitrogens with zero attached hydrogens (tertiary/aromatic N) is 1. The Kier molecular flexibility index (Phi) is 3.07. The molecule has 1 rings (SSSR count). The van der Waals surface area contributed by atoms with Crippen molar-refractivity contribution in [2.24, 2.45) is 5.73 Å². The van der Waals surface area contributed by atoms with Crippen molar-refractivity contribution in [2.75, 3.05) is 19.6 Å². The molecule has 0 amide bonds. The molecule has 0 aromatic heterocycles. The summed E-state index contributed by atoms with van der Waals surface area (Å²) in [5.74, 6) is -1.90. The van der Waals surface area contributed by atoms with E-state index in [-0.39, 0.29) is 13.0 Å². The highest BCUT2D eigenvalue weighted by Gasteiger charge is 2.40. The highest BCUT2D eigenvalue weighted by molar-refractivity contribution is 5.79. The number of aliphatic carboxylic acids is 2. The molecule has 0 radical (unpaired) electrons. The largest absolute Gasteiger partial charge is 0.481 e. The summed E-state index contributed by atoms with van der Waals surface area (Å²) in [4.78, 5) is 22.8. The fraction of sp³-hybridized carbons (Fsp3) is 0.750. The summed E-state index contributed by atoms with van der Waals surface area (Å²) in [5, 5.41) is 17.2. The normalized spacial score (nSPS) is 27.8. The Balaban J connectivity index is 2.41. The van der Waals surface area contributed by atoms with Crippen LogP contribution in [0, 0.1) is 0 Å². The summed E-state index contributed by atoms with van der Waals surface area (Å²) in [7, 11) is 0. The van der Waals surface area contributed by atoms with Crippen molar-refractivity contribution < 1.29 is 19.8 Å². The van der Waals surface area contributed by atoms with Crippen molar-refractivity contribution >= 4 is 11.9 Å². The lowest BCUT2D eigenvalue weighted by atomic mass is 10.0. The van der Waals surface area contributed by atoms with Crippen LogP contribution in [0.1, 0.15) is 12.8 Å². The fourth-order valence-electron chi connectivity index (χ4n) is 1.53. The van der Waals surface area contributed by atoms with E-state index >= 15 is 0 Å². The predicted molar refractivity (Wildman–Crippen MR) is 47.9 cm³/mol. The van der Waals surface area contributed by atoms with E-state index in [0.717, 1.165) is 0 Å². The van der Waals surface area contributed by atoms with E-state index in [0.29, 0.717) is 19.5 Å². The molecule has 0 bridgehead atoms. The first-order chi connectivity index (χ1) is 6.44. The number of rotatable bonds is 4. The Hall–Kier alpha value is -1.14. The van der Waals surface area contributed by atoms with Crippen LogP contribution < -0.4 is 5.73 Å². The minimum absolute atomic E-state index is 0.0235. The quantitative estimate of drug-likeness (QED) is 0.537. The van der Waals surface area contributed by atoms with E-state index < -0.39 is 17.5 Å². The van der Waals surface area contributed by atoms with Gasteiger partial charge in [-0.1, -0.05) is 0 Å². The van der Waals surface area contributed by atoms with Crippen LogP contribution in [0.15, 0.2) is 0 Å². The average Bonchev–Trinajstić information content (AvgIpc) is 2.45. The minimum atomic E-state index is -1.20. The number of nitrogens with two attached hydrogens (primary N) is 1. The third kappa shape index (κ3) is 2.43. The van der Waals surface area contributed by atoms with E-state index in [4.69, 9.17) is 15.9 Å². The lowest BCUT2D eigenvalue weighted by Crippen LogP contribution is -2.50. The number of hydrogen-bond acceptors (Lipinski definition) is 4. The second kappa shape index (κ2) is 3.93. The molecule has 0 saturated carbocycles. The second-order valence-electron chi connectivity index (χ2n) is 3.63. The first-order valence-corrected chi connectivity index (χ1v) is 4.40. The Morgan fingerprint density at radius 3 is 2.50 bits per heavy atom. The molecule has 1 heterocycles. The molecule has 1 atom stereocenters. The molecule has 1 unspecified atom stereocenters. The monoisotopic (exact) mass is 202 g/mol. The van der Waals surface area contributed by atoms with Crippen molar-refractivity contribution in [1.29, 1.82) is 0 Å². The standard InChI is InChI=1S/C8H14N2O4/c9-8(7(13)14)2-4-10(5-8)3-1-6(11)12/h1-5,9H2,(H,11,12)(H,13,14). The van der Waals surface area contributed by atoms with Crippen LogP contribution in [0.25, 0.3) is 0 Å². The van der Waals surface area contributed by atoms with E-state index in [1.165, 1.54) is 0 Å². The molecule has 0 aromatic carbocycles. The van der Waals surface area contributed by atoms with Crippen molar-refractivity contribution in [2.45, 2.75) is 18.4 Å². The van der Waals surface area contributed by atoms with Crippen LogP contribution in [-0.4, -0.2) is 52.2 Å². The lowest BCUT2D eigenvalue weighted by Gasteiger charge is -2.19. The van der Waals surface area contributed by atoms with E-state index in [2.05, 4.69) is 0 Å². The van der Waals surface area contributed by atoms with Gasteiger partial charge >= 0.3 is 11.9 Å². The fourth-order valence-corrected chi connectivity index (χ4v) is 1.53. The predicted octanol–water partition coefficient (Wildman–Crippen LogP) is -1.05. The van der Waals surface area contributed by atoms with Crippen LogP contribution in [0.3, 0.4) is 0 Å². The minimum Gasteiger partial charge on any atom is -0.481 e. The van der Waals surface area contributed by atoms with Gasteiger partial charge in [-0.05, 0) is 6.42 Å². The van der Waals surface area contributed by atoms with E-state index in [9.17, 15) is 9.59 Å². The Labute approximate surface area is 81.3 Å². The van der Waals surface area contributed by atoms with Crippen molar-refractivity contribution in [3.63, 3.8) is 0 Å². The van der Waals surface area contributed by atoms with Gasteiger partial charge in [0.1, 0.15) is 5.54 Å². The highest BCUT2D eigenvalue weighted by Crippen LogP contribution is 2.18. The van der Waals surface area contributed by atoms with Gasteiger partial charge in [0.15, 0.2) is 0 Å². The molecule has 1 aliphatic heterocycles. The molecule has 14 heavy (non-hydrogen) atoms. The molecule has 80 valence electrons. The zero-order chi connectivity index (χ0) is 10.8. The van der Waals surface area contributed by atoms with Crippen LogP contribution >= 0.6 is 0 Å². The topological polar surface area (TPSA) is 104 Å². The summed E-state index contributed by atoms with van der Waals surface area (Å²) < 4.78 is 0. The Morgan fingerprint density at radius 1 is 1.43 bits per heavy atom. The van der Waals surface area contributed by atoms with Gasteiger partial charge in [-0.25, -0.2) is 0 Å². The molecular formula is C8H14N2O4. The molecule has 1 aliphatic rings. The third-order valence-electron chi connectivity index (χ3n) is 2.45. The van der Waals surface area contributed by atoms with Crippen molar-refractivity contribution in [3.8, 4) is 0 Å². The lowest BCUT2D eigenvalue weighted by molar-refractivity contribution is -0.142. The van der Waals surface area contributed by atoms with Crippen molar-refractivity contribution in [1.82, 2.24) is 4.90 Å². The van der Waals surface area contributed by atoms with Crippen LogP contribution in [-0.2, 0) is 9.59 Å². The maximum absolute atomic E-state index is 10.7. The molecule has 0 spiro atoms. The summed E-state index contributed by atoms with van der Waals surface area (Å²) in [6, 6.07) is 0. The van der Waals surface area contributed by atoms with Crippen LogP contribution in [0.2, 0.25) is 0 Å². The molecule has 6 nitrogen and oxygen atoms in total. The van der Waals surface area contributed by atoms with Gasteiger partial charge in [0.25, 0.3) is 0 Å². The SMILES string of the molecule is NC1(C(=O)O)CCN(CCC(=O)O)C1. The van der Waals surface area contributed by atoms with E-state index in [1.807, 2.05) is 0 Å². The zero-order valence-corrected chi connectivity index (χ0v) is 7.77. The van der Waals surface area contributed by atoms with Gasteiger partial charge in [0.2, 0.25) is 0 Å². The number of carboxylic acids is 2. The molecule has 0 aromatic rings. The van der Waals surface area contributed by atoms with Gasteiger partial charge < -0.3 is 20.8 Å². The first kappa shape index (κ1) is 10.9.